The van der Waals surface area contributed by atoms with Gasteiger partial charge in [-0.1, -0.05) is 45.9 Å². The van der Waals surface area contributed by atoms with E-state index in [1.54, 1.807) is 48.9 Å². The molecule has 0 spiro atoms. The average molecular weight is 496 g/mol. The van der Waals surface area contributed by atoms with Crippen molar-refractivity contribution in [3.8, 4) is 5.69 Å². The molecule has 0 fully saturated rings. The predicted octanol–water partition coefficient (Wildman–Crippen LogP) is 5.13. The number of hydrogen-bond donors (Lipinski definition) is 1. The van der Waals surface area contributed by atoms with Gasteiger partial charge in [-0.25, -0.2) is 4.98 Å². The second kappa shape index (κ2) is 9.80. The Morgan fingerprint density at radius 1 is 1.06 bits per heavy atom. The Labute approximate surface area is 191 Å². The van der Waals surface area contributed by atoms with Gasteiger partial charge in [-0.15, -0.1) is 0 Å². The highest BCUT2D eigenvalue weighted by Gasteiger charge is 2.13. The molecule has 0 aliphatic carbocycles. The van der Waals surface area contributed by atoms with Gasteiger partial charge in [0, 0.05) is 33.7 Å². The van der Waals surface area contributed by atoms with Crippen molar-refractivity contribution >= 4 is 39.4 Å². The van der Waals surface area contributed by atoms with E-state index in [1.165, 1.54) is 11.8 Å². The number of aromatic nitrogens is 2. The van der Waals surface area contributed by atoms with Gasteiger partial charge in [-0.2, -0.15) is 0 Å². The largest absolute Gasteiger partial charge is 0.467 e. The number of carbonyl (C=O) groups excluding carboxylic acids is 2. The molecule has 0 aliphatic rings. The van der Waals surface area contributed by atoms with Crippen LogP contribution < -0.4 is 5.32 Å². The molecule has 0 bridgehead atoms. The van der Waals surface area contributed by atoms with Gasteiger partial charge < -0.3 is 9.73 Å². The number of benzene rings is 2. The van der Waals surface area contributed by atoms with Crippen molar-refractivity contribution < 1.29 is 14.0 Å². The van der Waals surface area contributed by atoms with Crippen molar-refractivity contribution in [3.05, 3.63) is 101 Å². The summed E-state index contributed by atoms with van der Waals surface area (Å²) in [5.41, 5.74) is 1.98. The third kappa shape index (κ3) is 5.34. The molecular formula is C23H18BrN3O3S. The van der Waals surface area contributed by atoms with Crippen LogP contribution >= 0.6 is 27.7 Å². The van der Waals surface area contributed by atoms with Gasteiger partial charge in [0.2, 0.25) is 0 Å². The topological polar surface area (TPSA) is 77.1 Å². The summed E-state index contributed by atoms with van der Waals surface area (Å²) in [5, 5.41) is 3.52. The van der Waals surface area contributed by atoms with Crippen LogP contribution in [0.2, 0.25) is 0 Å². The Morgan fingerprint density at radius 3 is 2.68 bits per heavy atom. The number of halogens is 1. The van der Waals surface area contributed by atoms with Crippen molar-refractivity contribution in [1.29, 1.82) is 0 Å². The minimum atomic E-state index is -0.196. The zero-order chi connectivity index (χ0) is 21.6. The SMILES string of the molecule is O=C(CSc1nccn1-c1cccc(C(=O)NCc2ccco2)c1)c1ccc(Br)cc1. The molecule has 31 heavy (non-hydrogen) atoms. The molecule has 2 aromatic carbocycles. The maximum absolute atomic E-state index is 12.5. The van der Waals surface area contributed by atoms with E-state index in [4.69, 9.17) is 4.42 Å². The lowest BCUT2D eigenvalue weighted by molar-refractivity contribution is 0.0947. The molecule has 0 radical (unpaired) electrons. The summed E-state index contributed by atoms with van der Waals surface area (Å²) < 4.78 is 8.04. The zero-order valence-electron chi connectivity index (χ0n) is 16.3. The lowest BCUT2D eigenvalue weighted by Gasteiger charge is -2.10. The first-order valence-electron chi connectivity index (χ1n) is 9.46. The van der Waals surface area contributed by atoms with Gasteiger partial charge in [0.15, 0.2) is 10.9 Å². The molecule has 6 nitrogen and oxygen atoms in total. The lowest BCUT2D eigenvalue weighted by Crippen LogP contribution is -2.22. The van der Waals surface area contributed by atoms with Crippen LogP contribution in [-0.2, 0) is 6.54 Å². The van der Waals surface area contributed by atoms with E-state index in [0.29, 0.717) is 28.6 Å². The minimum Gasteiger partial charge on any atom is -0.467 e. The molecule has 1 amide bonds. The quantitative estimate of drug-likeness (QED) is 0.270. The number of rotatable bonds is 8. The number of ketones is 1. The standard InChI is InChI=1S/C23H18BrN3O3S/c24-18-8-6-16(7-9-18)21(28)15-31-23-25-10-11-27(23)19-4-1-3-17(13-19)22(29)26-14-20-5-2-12-30-20/h1-13H,14-15H2,(H,26,29). The maximum Gasteiger partial charge on any atom is 0.251 e. The Kier molecular flexibility index (Phi) is 6.69. The number of nitrogens with one attached hydrogen (secondary N) is 1. The first-order valence-corrected chi connectivity index (χ1v) is 11.2. The van der Waals surface area contributed by atoms with Crippen molar-refractivity contribution in [1.82, 2.24) is 14.9 Å². The fourth-order valence-electron chi connectivity index (χ4n) is 2.92. The maximum atomic E-state index is 12.5. The Balaban J connectivity index is 1.44. The highest BCUT2D eigenvalue weighted by molar-refractivity contribution is 9.10. The first-order chi connectivity index (χ1) is 15.1. The van der Waals surface area contributed by atoms with Gasteiger partial charge in [0.25, 0.3) is 5.91 Å². The fraction of sp³-hybridized carbons (Fsp3) is 0.0870. The third-order valence-electron chi connectivity index (χ3n) is 4.50. The number of thioether (sulfide) groups is 1. The van der Waals surface area contributed by atoms with Crippen LogP contribution in [0.15, 0.2) is 93.4 Å². The number of imidazole rings is 1. The van der Waals surface area contributed by atoms with Crippen LogP contribution in [0, 0.1) is 0 Å². The summed E-state index contributed by atoms with van der Waals surface area (Å²) in [5.74, 6) is 0.784. The van der Waals surface area contributed by atoms with Gasteiger partial charge in [0.05, 0.1) is 18.6 Å². The second-order valence-corrected chi connectivity index (χ2v) is 8.47. The van der Waals surface area contributed by atoms with Crippen molar-refractivity contribution in [2.24, 2.45) is 0 Å². The number of furan rings is 1. The first kappa shape index (κ1) is 21.1. The third-order valence-corrected chi connectivity index (χ3v) is 5.99. The summed E-state index contributed by atoms with van der Waals surface area (Å²) in [6.45, 7) is 0.320. The molecule has 0 unspecified atom stereocenters. The second-order valence-electron chi connectivity index (χ2n) is 6.61. The highest BCUT2D eigenvalue weighted by atomic mass is 79.9. The summed E-state index contributed by atoms with van der Waals surface area (Å²) in [4.78, 5) is 29.4. The number of nitrogens with zero attached hydrogens (tertiary/aromatic N) is 2. The molecule has 0 saturated heterocycles. The van der Waals surface area contributed by atoms with E-state index in [9.17, 15) is 9.59 Å². The van der Waals surface area contributed by atoms with Crippen molar-refractivity contribution in [2.75, 3.05) is 5.75 Å². The van der Waals surface area contributed by atoms with E-state index in [2.05, 4.69) is 26.2 Å². The van der Waals surface area contributed by atoms with Crippen LogP contribution in [0.4, 0.5) is 0 Å². The molecule has 4 aromatic rings. The summed E-state index contributed by atoms with van der Waals surface area (Å²) in [6.07, 6.45) is 5.06. The molecule has 1 N–H and O–H groups in total. The summed E-state index contributed by atoms with van der Waals surface area (Å²) >= 11 is 4.73. The Bertz CT molecular complexity index is 1190. The van der Waals surface area contributed by atoms with E-state index in [0.717, 1.165) is 10.2 Å². The number of amides is 1. The summed E-state index contributed by atoms with van der Waals surface area (Å²) in [7, 11) is 0. The smallest absolute Gasteiger partial charge is 0.251 e. The number of hydrogen-bond acceptors (Lipinski definition) is 5. The molecular weight excluding hydrogens is 478 g/mol. The van der Waals surface area contributed by atoms with Crippen LogP contribution in [0.25, 0.3) is 5.69 Å². The average Bonchev–Trinajstić information content (AvgIpc) is 3.48. The summed E-state index contributed by atoms with van der Waals surface area (Å²) in [6, 6.07) is 18.1. The van der Waals surface area contributed by atoms with Crippen LogP contribution in [-0.4, -0.2) is 27.0 Å². The zero-order valence-corrected chi connectivity index (χ0v) is 18.7. The molecule has 0 atom stereocenters. The molecule has 4 rings (SSSR count). The van der Waals surface area contributed by atoms with Crippen LogP contribution in [0.3, 0.4) is 0 Å². The van der Waals surface area contributed by atoms with Gasteiger partial charge in [-0.3, -0.25) is 14.2 Å². The minimum absolute atomic E-state index is 0.0260. The van der Waals surface area contributed by atoms with E-state index in [1.807, 2.05) is 35.0 Å². The molecule has 0 aliphatic heterocycles. The van der Waals surface area contributed by atoms with Gasteiger partial charge in [-0.05, 0) is 42.5 Å². The molecule has 2 heterocycles. The van der Waals surface area contributed by atoms with Crippen LogP contribution in [0.5, 0.6) is 0 Å². The normalized spacial score (nSPS) is 10.7. The van der Waals surface area contributed by atoms with Crippen molar-refractivity contribution in [3.63, 3.8) is 0 Å². The molecule has 8 heteroatoms. The van der Waals surface area contributed by atoms with Crippen molar-refractivity contribution in [2.45, 2.75) is 11.7 Å². The van der Waals surface area contributed by atoms with Crippen LogP contribution in [0.1, 0.15) is 26.5 Å². The van der Waals surface area contributed by atoms with Gasteiger partial charge in [0.1, 0.15) is 5.76 Å². The van der Waals surface area contributed by atoms with E-state index >= 15 is 0 Å². The number of carbonyl (C=O) groups is 2. The number of Topliss-reactive ketones (excluding diaryl/α,β-unsaturated/α-hetero) is 1. The molecule has 156 valence electrons. The lowest BCUT2D eigenvalue weighted by atomic mass is 10.2. The van der Waals surface area contributed by atoms with E-state index in [-0.39, 0.29) is 17.4 Å². The Morgan fingerprint density at radius 2 is 1.90 bits per heavy atom. The van der Waals surface area contributed by atoms with Gasteiger partial charge >= 0.3 is 0 Å². The fourth-order valence-corrected chi connectivity index (χ4v) is 4.05. The highest BCUT2D eigenvalue weighted by Crippen LogP contribution is 2.22. The molecule has 0 saturated carbocycles. The Hall–Kier alpha value is -3.10. The monoisotopic (exact) mass is 495 g/mol. The van der Waals surface area contributed by atoms with E-state index < -0.39 is 0 Å². The predicted molar refractivity (Wildman–Crippen MR) is 123 cm³/mol. The molecule has 2 aromatic heterocycles.